The second-order valence-corrected chi connectivity index (χ2v) is 6.41. The molecule has 0 spiro atoms. The van der Waals surface area contributed by atoms with Crippen LogP contribution in [0.15, 0.2) is 28.7 Å². The summed E-state index contributed by atoms with van der Waals surface area (Å²) in [5.74, 6) is 0.951. The monoisotopic (exact) mass is 344 g/mol. The van der Waals surface area contributed by atoms with E-state index in [1.807, 2.05) is 31.2 Å². The fourth-order valence-electron chi connectivity index (χ4n) is 3.33. The van der Waals surface area contributed by atoms with E-state index < -0.39 is 0 Å². The third-order valence-electron chi connectivity index (χ3n) is 4.73. The van der Waals surface area contributed by atoms with Crippen molar-refractivity contribution < 1.29 is 13.9 Å². The van der Waals surface area contributed by atoms with Crippen LogP contribution in [0.1, 0.15) is 42.0 Å². The Morgan fingerprint density at radius 2 is 2.00 bits per heavy atom. The van der Waals surface area contributed by atoms with Crippen molar-refractivity contribution in [3.05, 3.63) is 41.6 Å². The van der Waals surface area contributed by atoms with Crippen LogP contribution in [0.5, 0.6) is 0 Å². The van der Waals surface area contributed by atoms with E-state index >= 15 is 0 Å². The number of piperazine rings is 1. The molecule has 1 aliphatic rings. The summed E-state index contributed by atoms with van der Waals surface area (Å²) < 4.78 is 10.3. The highest BCUT2D eigenvalue weighted by Gasteiger charge is 2.30. The largest absolute Gasteiger partial charge is 0.465 e. The van der Waals surface area contributed by atoms with Crippen LogP contribution in [-0.4, -0.2) is 53.9 Å². The average molecular weight is 344 g/mol. The number of esters is 1. The molecule has 1 saturated heterocycles. The molecule has 0 saturated carbocycles. The van der Waals surface area contributed by atoms with E-state index in [4.69, 9.17) is 9.15 Å². The summed E-state index contributed by atoms with van der Waals surface area (Å²) in [6.07, 6.45) is 0. The van der Waals surface area contributed by atoms with Crippen LogP contribution in [0, 0.1) is 6.92 Å². The summed E-state index contributed by atoms with van der Waals surface area (Å²) in [7, 11) is 1.39. The minimum absolute atomic E-state index is 0.0973. The summed E-state index contributed by atoms with van der Waals surface area (Å²) in [6, 6.07) is 8.00. The number of anilines is 1. The van der Waals surface area contributed by atoms with Crippen molar-refractivity contribution in [2.75, 3.05) is 31.6 Å². The van der Waals surface area contributed by atoms with E-state index in [2.05, 4.69) is 33.8 Å². The molecule has 0 radical (unpaired) electrons. The van der Waals surface area contributed by atoms with Gasteiger partial charge in [0, 0.05) is 38.3 Å². The van der Waals surface area contributed by atoms with Gasteiger partial charge < -0.3 is 14.1 Å². The first-order chi connectivity index (χ1) is 12.0. The predicted molar refractivity (Wildman–Crippen MR) is 93.6 cm³/mol. The van der Waals surface area contributed by atoms with Gasteiger partial charge in [0.05, 0.1) is 18.7 Å². The number of aryl methyl sites for hydroxylation is 1. The molecule has 0 bridgehead atoms. The second-order valence-electron chi connectivity index (χ2n) is 6.41. The number of rotatable bonds is 4. The van der Waals surface area contributed by atoms with E-state index in [-0.39, 0.29) is 12.0 Å². The van der Waals surface area contributed by atoms with E-state index in [9.17, 15) is 4.79 Å². The SMILES string of the molecule is COC(=O)c1ccc(N2CCN(C(C)c3nnc(C)o3)C(C)C2)cc1. The normalized spacial score (nSPS) is 19.7. The number of carbonyl (C=O) groups is 1. The Kier molecular flexibility index (Phi) is 5.03. The van der Waals surface area contributed by atoms with Gasteiger partial charge in [-0.05, 0) is 38.1 Å². The van der Waals surface area contributed by atoms with Gasteiger partial charge in [0.1, 0.15) is 0 Å². The summed E-state index contributed by atoms with van der Waals surface area (Å²) >= 11 is 0. The smallest absolute Gasteiger partial charge is 0.337 e. The van der Waals surface area contributed by atoms with Gasteiger partial charge in [0.15, 0.2) is 0 Å². The molecule has 0 N–H and O–H groups in total. The molecule has 1 fully saturated rings. The number of nitrogens with zero attached hydrogens (tertiary/aromatic N) is 4. The van der Waals surface area contributed by atoms with Crippen molar-refractivity contribution in [2.24, 2.45) is 0 Å². The molecule has 3 rings (SSSR count). The minimum Gasteiger partial charge on any atom is -0.465 e. The molecular weight excluding hydrogens is 320 g/mol. The quantitative estimate of drug-likeness (QED) is 0.789. The average Bonchev–Trinajstić information content (AvgIpc) is 3.07. The van der Waals surface area contributed by atoms with Gasteiger partial charge in [-0.15, -0.1) is 10.2 Å². The molecule has 7 nitrogen and oxygen atoms in total. The van der Waals surface area contributed by atoms with Crippen molar-refractivity contribution in [1.82, 2.24) is 15.1 Å². The highest BCUT2D eigenvalue weighted by atomic mass is 16.5. The first kappa shape index (κ1) is 17.4. The van der Waals surface area contributed by atoms with E-state index in [0.29, 0.717) is 23.4 Å². The number of hydrogen-bond donors (Lipinski definition) is 0. The second kappa shape index (κ2) is 7.23. The molecule has 2 aromatic rings. The number of methoxy groups -OCH3 is 1. The van der Waals surface area contributed by atoms with Crippen molar-refractivity contribution in [1.29, 1.82) is 0 Å². The van der Waals surface area contributed by atoms with Crippen molar-refractivity contribution >= 4 is 11.7 Å². The Bertz CT molecular complexity index is 728. The molecule has 25 heavy (non-hydrogen) atoms. The highest BCUT2D eigenvalue weighted by Crippen LogP contribution is 2.26. The zero-order valence-corrected chi connectivity index (χ0v) is 15.1. The predicted octanol–water partition coefficient (Wildman–Crippen LogP) is 2.44. The van der Waals surface area contributed by atoms with Crippen LogP contribution in [0.3, 0.4) is 0 Å². The van der Waals surface area contributed by atoms with Gasteiger partial charge in [-0.3, -0.25) is 4.90 Å². The number of benzene rings is 1. The minimum atomic E-state index is -0.312. The molecule has 2 heterocycles. The lowest BCUT2D eigenvalue weighted by Gasteiger charge is -2.42. The van der Waals surface area contributed by atoms with Gasteiger partial charge in [-0.2, -0.15) is 0 Å². The van der Waals surface area contributed by atoms with Crippen molar-refractivity contribution in [3.63, 3.8) is 0 Å². The van der Waals surface area contributed by atoms with Gasteiger partial charge in [-0.1, -0.05) is 0 Å². The maximum absolute atomic E-state index is 11.5. The summed E-state index contributed by atoms with van der Waals surface area (Å²) in [4.78, 5) is 16.3. The molecule has 1 aliphatic heterocycles. The van der Waals surface area contributed by atoms with Gasteiger partial charge in [0.2, 0.25) is 11.8 Å². The zero-order valence-electron chi connectivity index (χ0n) is 15.1. The molecule has 0 aliphatic carbocycles. The molecular formula is C18H24N4O3. The summed E-state index contributed by atoms with van der Waals surface area (Å²) in [5.41, 5.74) is 1.68. The Morgan fingerprint density at radius 3 is 2.56 bits per heavy atom. The molecule has 134 valence electrons. The van der Waals surface area contributed by atoms with Gasteiger partial charge in [0.25, 0.3) is 0 Å². The van der Waals surface area contributed by atoms with Crippen molar-refractivity contribution in [3.8, 4) is 0 Å². The summed E-state index contributed by atoms with van der Waals surface area (Å²) in [5, 5.41) is 8.08. The number of aromatic nitrogens is 2. The van der Waals surface area contributed by atoms with E-state index in [1.54, 1.807) is 0 Å². The lowest BCUT2D eigenvalue weighted by molar-refractivity contribution is 0.0600. The van der Waals surface area contributed by atoms with Crippen LogP contribution >= 0.6 is 0 Å². The van der Waals surface area contributed by atoms with Crippen LogP contribution in [0.2, 0.25) is 0 Å². The van der Waals surface area contributed by atoms with Gasteiger partial charge in [-0.25, -0.2) is 4.79 Å². The van der Waals surface area contributed by atoms with Crippen LogP contribution < -0.4 is 4.90 Å². The Morgan fingerprint density at radius 1 is 1.28 bits per heavy atom. The topological polar surface area (TPSA) is 71.7 Å². The summed E-state index contributed by atoms with van der Waals surface area (Å²) in [6.45, 7) is 8.82. The molecule has 2 unspecified atom stereocenters. The Balaban J connectivity index is 1.66. The lowest BCUT2D eigenvalue weighted by atomic mass is 10.1. The third-order valence-corrected chi connectivity index (χ3v) is 4.73. The van der Waals surface area contributed by atoms with E-state index in [1.165, 1.54) is 7.11 Å². The van der Waals surface area contributed by atoms with E-state index in [0.717, 1.165) is 25.3 Å². The Labute approximate surface area is 147 Å². The number of ether oxygens (including phenoxy) is 1. The standard InChI is InChI=1S/C18H24N4O3/c1-12-11-21(16-7-5-15(6-8-16)18(23)24-4)9-10-22(12)13(2)17-20-19-14(3)25-17/h5-8,12-13H,9-11H2,1-4H3. The molecule has 2 atom stereocenters. The molecule has 1 aromatic carbocycles. The maximum atomic E-state index is 11.5. The maximum Gasteiger partial charge on any atom is 0.337 e. The van der Waals surface area contributed by atoms with Crippen molar-refractivity contribution in [2.45, 2.75) is 32.9 Å². The third kappa shape index (κ3) is 3.66. The first-order valence-corrected chi connectivity index (χ1v) is 8.48. The molecule has 7 heteroatoms. The number of hydrogen-bond acceptors (Lipinski definition) is 7. The highest BCUT2D eigenvalue weighted by molar-refractivity contribution is 5.89. The van der Waals surface area contributed by atoms with Gasteiger partial charge >= 0.3 is 5.97 Å². The first-order valence-electron chi connectivity index (χ1n) is 8.48. The van der Waals surface area contributed by atoms with Crippen LogP contribution in [-0.2, 0) is 4.74 Å². The zero-order chi connectivity index (χ0) is 18.0. The fraction of sp³-hybridized carbons (Fsp3) is 0.500. The fourth-order valence-corrected chi connectivity index (χ4v) is 3.33. The lowest BCUT2D eigenvalue weighted by Crippen LogP contribution is -2.52. The number of carbonyl (C=O) groups excluding carboxylic acids is 1. The Hall–Kier alpha value is -2.41. The molecule has 0 amide bonds. The van der Waals surface area contributed by atoms with Crippen LogP contribution in [0.25, 0.3) is 0 Å². The van der Waals surface area contributed by atoms with Crippen LogP contribution in [0.4, 0.5) is 5.69 Å². The molecule has 1 aromatic heterocycles.